The SMILES string of the molecule is CC1CCCCCN1CCCOc1ccc(N)cc1. The lowest BCUT2D eigenvalue weighted by molar-refractivity contribution is 0.192. The van der Waals surface area contributed by atoms with Crippen LogP contribution in [-0.2, 0) is 0 Å². The van der Waals surface area contributed by atoms with Crippen molar-refractivity contribution in [1.29, 1.82) is 0 Å². The third-order valence-electron chi connectivity index (χ3n) is 3.93. The van der Waals surface area contributed by atoms with Crippen molar-refractivity contribution in [1.82, 2.24) is 4.90 Å². The van der Waals surface area contributed by atoms with E-state index in [4.69, 9.17) is 10.5 Å². The van der Waals surface area contributed by atoms with Crippen molar-refractivity contribution in [3.8, 4) is 5.75 Å². The van der Waals surface area contributed by atoms with Gasteiger partial charge < -0.3 is 15.4 Å². The number of nitrogen functional groups attached to an aromatic ring is 1. The molecule has 1 aromatic rings. The Labute approximate surface area is 116 Å². The molecule has 1 atom stereocenters. The molecule has 1 unspecified atom stereocenters. The summed E-state index contributed by atoms with van der Waals surface area (Å²) in [4.78, 5) is 2.61. The number of anilines is 1. The lowest BCUT2D eigenvalue weighted by Gasteiger charge is -2.26. The van der Waals surface area contributed by atoms with E-state index in [-0.39, 0.29) is 0 Å². The first-order chi connectivity index (χ1) is 9.25. The van der Waals surface area contributed by atoms with Gasteiger partial charge in [0.05, 0.1) is 6.61 Å². The van der Waals surface area contributed by atoms with Crippen LogP contribution in [0.4, 0.5) is 5.69 Å². The highest BCUT2D eigenvalue weighted by molar-refractivity contribution is 5.41. The largest absolute Gasteiger partial charge is 0.494 e. The molecule has 1 fully saturated rings. The standard InChI is InChI=1S/C16H26N2O/c1-14-6-3-2-4-11-18(14)12-5-13-19-16-9-7-15(17)8-10-16/h7-10,14H,2-6,11-13,17H2,1H3. The highest BCUT2D eigenvalue weighted by Crippen LogP contribution is 2.17. The van der Waals surface area contributed by atoms with Gasteiger partial charge in [0, 0.05) is 18.3 Å². The Morgan fingerprint density at radius 1 is 1.21 bits per heavy atom. The van der Waals surface area contributed by atoms with Crippen molar-refractivity contribution >= 4 is 5.69 Å². The van der Waals surface area contributed by atoms with Gasteiger partial charge in [-0.15, -0.1) is 0 Å². The third-order valence-corrected chi connectivity index (χ3v) is 3.93. The molecule has 1 aliphatic rings. The van der Waals surface area contributed by atoms with Gasteiger partial charge in [0.15, 0.2) is 0 Å². The second-order valence-corrected chi connectivity index (χ2v) is 5.51. The van der Waals surface area contributed by atoms with E-state index in [2.05, 4.69) is 11.8 Å². The van der Waals surface area contributed by atoms with Crippen molar-refractivity contribution in [2.24, 2.45) is 0 Å². The summed E-state index contributed by atoms with van der Waals surface area (Å²) in [5, 5.41) is 0. The zero-order chi connectivity index (χ0) is 13.5. The summed E-state index contributed by atoms with van der Waals surface area (Å²) in [6.45, 7) is 5.54. The molecule has 1 aliphatic heterocycles. The first-order valence-electron chi connectivity index (χ1n) is 7.48. The number of nitrogens with zero attached hydrogens (tertiary/aromatic N) is 1. The van der Waals surface area contributed by atoms with Crippen molar-refractivity contribution in [2.75, 3.05) is 25.4 Å². The van der Waals surface area contributed by atoms with Crippen LogP contribution in [0, 0.1) is 0 Å². The van der Waals surface area contributed by atoms with E-state index in [1.807, 2.05) is 24.3 Å². The fourth-order valence-corrected chi connectivity index (χ4v) is 2.69. The number of likely N-dealkylation sites (tertiary alicyclic amines) is 1. The van der Waals surface area contributed by atoms with E-state index >= 15 is 0 Å². The second-order valence-electron chi connectivity index (χ2n) is 5.51. The normalized spacial score (nSPS) is 21.0. The van der Waals surface area contributed by atoms with E-state index in [0.29, 0.717) is 0 Å². The van der Waals surface area contributed by atoms with Gasteiger partial charge in [-0.25, -0.2) is 0 Å². The number of ether oxygens (including phenoxy) is 1. The molecular formula is C16H26N2O. The molecule has 106 valence electrons. The molecule has 1 heterocycles. The van der Waals surface area contributed by atoms with Crippen molar-refractivity contribution < 1.29 is 4.74 Å². The highest BCUT2D eigenvalue weighted by atomic mass is 16.5. The summed E-state index contributed by atoms with van der Waals surface area (Å²) in [6.07, 6.45) is 6.57. The van der Waals surface area contributed by atoms with Crippen LogP contribution in [-0.4, -0.2) is 30.6 Å². The van der Waals surface area contributed by atoms with E-state index in [1.165, 1.54) is 32.2 Å². The predicted octanol–water partition coefficient (Wildman–Crippen LogP) is 3.30. The number of rotatable bonds is 5. The summed E-state index contributed by atoms with van der Waals surface area (Å²) in [5.74, 6) is 0.915. The van der Waals surface area contributed by atoms with E-state index < -0.39 is 0 Å². The Morgan fingerprint density at radius 3 is 2.79 bits per heavy atom. The minimum Gasteiger partial charge on any atom is -0.494 e. The monoisotopic (exact) mass is 262 g/mol. The molecule has 0 amide bonds. The average molecular weight is 262 g/mol. The van der Waals surface area contributed by atoms with Crippen LogP contribution in [0.5, 0.6) is 5.75 Å². The second kappa shape index (κ2) is 7.39. The van der Waals surface area contributed by atoms with Crippen molar-refractivity contribution in [3.05, 3.63) is 24.3 Å². The molecular weight excluding hydrogens is 236 g/mol. The molecule has 0 bridgehead atoms. The fourth-order valence-electron chi connectivity index (χ4n) is 2.69. The summed E-state index contributed by atoms with van der Waals surface area (Å²) in [6, 6.07) is 8.37. The van der Waals surface area contributed by atoms with Gasteiger partial charge in [-0.05, 0) is 57.0 Å². The molecule has 0 aromatic heterocycles. The molecule has 0 spiro atoms. The highest BCUT2D eigenvalue weighted by Gasteiger charge is 2.15. The van der Waals surface area contributed by atoms with Crippen molar-refractivity contribution in [2.45, 2.75) is 45.1 Å². The lowest BCUT2D eigenvalue weighted by Crippen LogP contribution is -2.34. The lowest BCUT2D eigenvalue weighted by atomic mass is 10.1. The van der Waals surface area contributed by atoms with Crippen LogP contribution in [0.1, 0.15) is 39.0 Å². The molecule has 0 aliphatic carbocycles. The van der Waals surface area contributed by atoms with Crippen LogP contribution in [0.3, 0.4) is 0 Å². The van der Waals surface area contributed by atoms with Crippen LogP contribution >= 0.6 is 0 Å². The zero-order valence-electron chi connectivity index (χ0n) is 12.0. The maximum Gasteiger partial charge on any atom is 0.119 e. The maximum absolute atomic E-state index is 5.74. The number of nitrogens with two attached hydrogens (primary N) is 1. The summed E-state index contributed by atoms with van der Waals surface area (Å²) >= 11 is 0. The molecule has 0 saturated carbocycles. The smallest absolute Gasteiger partial charge is 0.119 e. The van der Waals surface area contributed by atoms with Crippen molar-refractivity contribution in [3.63, 3.8) is 0 Å². The topological polar surface area (TPSA) is 38.5 Å². The van der Waals surface area contributed by atoms with Crippen LogP contribution in [0.15, 0.2) is 24.3 Å². The molecule has 1 aromatic carbocycles. The first kappa shape index (κ1) is 14.2. The van der Waals surface area contributed by atoms with Gasteiger partial charge in [0.1, 0.15) is 5.75 Å². The molecule has 3 heteroatoms. The Kier molecular flexibility index (Phi) is 5.52. The molecule has 2 rings (SSSR count). The Hall–Kier alpha value is -1.22. The maximum atomic E-state index is 5.74. The number of hydrogen-bond donors (Lipinski definition) is 1. The van der Waals surface area contributed by atoms with Gasteiger partial charge >= 0.3 is 0 Å². The Balaban J connectivity index is 1.67. The van der Waals surface area contributed by atoms with Crippen LogP contribution in [0.25, 0.3) is 0 Å². The van der Waals surface area contributed by atoms with Gasteiger partial charge in [-0.1, -0.05) is 12.8 Å². The van der Waals surface area contributed by atoms with Gasteiger partial charge in [-0.2, -0.15) is 0 Å². The average Bonchev–Trinajstić information content (AvgIpc) is 2.62. The Morgan fingerprint density at radius 2 is 2.00 bits per heavy atom. The third kappa shape index (κ3) is 4.75. The fraction of sp³-hybridized carbons (Fsp3) is 0.625. The predicted molar refractivity (Wildman–Crippen MR) is 80.5 cm³/mol. The Bertz CT molecular complexity index is 364. The summed E-state index contributed by atoms with van der Waals surface area (Å²) in [5.41, 5.74) is 6.43. The van der Waals surface area contributed by atoms with Crippen LogP contribution < -0.4 is 10.5 Å². The molecule has 0 radical (unpaired) electrons. The van der Waals surface area contributed by atoms with E-state index in [0.717, 1.165) is 37.1 Å². The minimum absolute atomic E-state index is 0.735. The molecule has 2 N–H and O–H groups in total. The zero-order valence-corrected chi connectivity index (χ0v) is 12.0. The molecule has 3 nitrogen and oxygen atoms in total. The summed E-state index contributed by atoms with van der Waals surface area (Å²) < 4.78 is 5.74. The van der Waals surface area contributed by atoms with Gasteiger partial charge in [0.25, 0.3) is 0 Å². The quantitative estimate of drug-likeness (QED) is 0.653. The molecule has 1 saturated heterocycles. The number of hydrogen-bond acceptors (Lipinski definition) is 3. The van der Waals surface area contributed by atoms with Gasteiger partial charge in [-0.3, -0.25) is 0 Å². The first-order valence-corrected chi connectivity index (χ1v) is 7.48. The van der Waals surface area contributed by atoms with Crippen LogP contribution in [0.2, 0.25) is 0 Å². The van der Waals surface area contributed by atoms with E-state index in [1.54, 1.807) is 0 Å². The van der Waals surface area contributed by atoms with E-state index in [9.17, 15) is 0 Å². The molecule has 19 heavy (non-hydrogen) atoms. The number of benzene rings is 1. The van der Waals surface area contributed by atoms with Gasteiger partial charge in [0.2, 0.25) is 0 Å². The minimum atomic E-state index is 0.735. The summed E-state index contributed by atoms with van der Waals surface area (Å²) in [7, 11) is 0.